The summed E-state index contributed by atoms with van der Waals surface area (Å²) >= 11 is 8.54. The van der Waals surface area contributed by atoms with Gasteiger partial charge in [0.15, 0.2) is 6.61 Å². The maximum absolute atomic E-state index is 12.0. The number of phenolic OH excluding ortho intramolecular Hbond substituents is 1. The van der Waals surface area contributed by atoms with Crippen LogP contribution in [0.1, 0.15) is 15.9 Å². The summed E-state index contributed by atoms with van der Waals surface area (Å²) in [6.45, 7) is 1.43. The lowest BCUT2D eigenvalue weighted by molar-refractivity contribution is -0.119. The number of hydrogen-bond donors (Lipinski definition) is 2. The van der Waals surface area contributed by atoms with Gasteiger partial charge in [-0.25, -0.2) is 4.79 Å². The van der Waals surface area contributed by atoms with E-state index in [1.54, 1.807) is 12.1 Å². The van der Waals surface area contributed by atoms with Crippen LogP contribution in [0.3, 0.4) is 0 Å². The van der Waals surface area contributed by atoms with Gasteiger partial charge in [-0.3, -0.25) is 4.79 Å². The summed E-state index contributed by atoms with van der Waals surface area (Å²) in [5, 5.41) is 12.6. The van der Waals surface area contributed by atoms with E-state index in [1.807, 2.05) is 19.1 Å². The molecule has 0 heterocycles. The van der Waals surface area contributed by atoms with Crippen LogP contribution in [0.2, 0.25) is 0 Å². The zero-order valence-electron chi connectivity index (χ0n) is 12.4. The highest BCUT2D eigenvalue weighted by Crippen LogP contribution is 2.32. The molecule has 0 spiro atoms. The molecule has 0 bridgehead atoms. The lowest BCUT2D eigenvalue weighted by Gasteiger charge is -2.10. The van der Waals surface area contributed by atoms with Gasteiger partial charge in [0.1, 0.15) is 11.3 Å². The van der Waals surface area contributed by atoms with E-state index in [0.717, 1.165) is 9.13 Å². The van der Waals surface area contributed by atoms with Crippen molar-refractivity contribution in [3.8, 4) is 5.75 Å². The number of carbonyl (C=O) groups excluding carboxylic acids is 2. The Labute approximate surface area is 169 Å². The molecule has 5 nitrogen and oxygen atoms in total. The number of benzene rings is 2. The second-order valence-electron chi connectivity index (χ2n) is 4.87. The molecule has 1 amide bonds. The van der Waals surface area contributed by atoms with Gasteiger partial charge >= 0.3 is 5.97 Å². The summed E-state index contributed by atoms with van der Waals surface area (Å²) in [4.78, 5) is 24.0. The number of ether oxygens (including phenoxy) is 1. The number of halogens is 3. The molecular formula is C16H12Br2INO4. The van der Waals surface area contributed by atoms with E-state index in [-0.39, 0.29) is 11.3 Å². The van der Waals surface area contributed by atoms with Crippen molar-refractivity contribution < 1.29 is 19.4 Å². The summed E-state index contributed by atoms with van der Waals surface area (Å²) in [6, 6.07) is 8.60. The first kappa shape index (κ1) is 19.2. The summed E-state index contributed by atoms with van der Waals surface area (Å²) in [7, 11) is 0. The third-order valence-electron chi connectivity index (χ3n) is 3.04. The van der Waals surface area contributed by atoms with Crippen molar-refractivity contribution in [2.75, 3.05) is 11.9 Å². The largest absolute Gasteiger partial charge is 0.506 e. The number of phenols is 1. The van der Waals surface area contributed by atoms with Crippen LogP contribution in [-0.4, -0.2) is 23.6 Å². The lowest BCUT2D eigenvalue weighted by atomic mass is 10.2. The van der Waals surface area contributed by atoms with Crippen LogP contribution in [0, 0.1) is 10.5 Å². The molecule has 0 saturated heterocycles. The number of esters is 1. The fourth-order valence-electron chi connectivity index (χ4n) is 1.88. The van der Waals surface area contributed by atoms with Crippen molar-refractivity contribution in [1.29, 1.82) is 0 Å². The van der Waals surface area contributed by atoms with Gasteiger partial charge in [-0.1, -0.05) is 15.9 Å². The summed E-state index contributed by atoms with van der Waals surface area (Å²) in [6.07, 6.45) is 0. The molecule has 2 aromatic rings. The van der Waals surface area contributed by atoms with Crippen molar-refractivity contribution in [3.05, 3.63) is 54.0 Å². The molecule has 0 atom stereocenters. The van der Waals surface area contributed by atoms with Crippen LogP contribution < -0.4 is 5.32 Å². The van der Waals surface area contributed by atoms with Crippen LogP contribution in [-0.2, 0) is 9.53 Å². The predicted molar refractivity (Wildman–Crippen MR) is 106 cm³/mol. The fraction of sp³-hybridized carbons (Fsp3) is 0.125. The molecule has 0 saturated carbocycles. The smallest absolute Gasteiger partial charge is 0.342 e. The van der Waals surface area contributed by atoms with Gasteiger partial charge < -0.3 is 15.2 Å². The maximum Gasteiger partial charge on any atom is 0.342 e. The van der Waals surface area contributed by atoms with Gasteiger partial charge in [0.25, 0.3) is 5.91 Å². The SMILES string of the molecule is Cc1cc(I)ccc1NC(=O)COC(=O)c1cc(Br)cc(Br)c1O. The molecule has 8 heteroatoms. The molecule has 126 valence electrons. The van der Waals surface area contributed by atoms with Gasteiger partial charge in [0, 0.05) is 13.7 Å². The van der Waals surface area contributed by atoms with Crippen LogP contribution in [0.5, 0.6) is 5.75 Å². The minimum absolute atomic E-state index is 0.0329. The Morgan fingerprint density at radius 1 is 1.25 bits per heavy atom. The Morgan fingerprint density at radius 2 is 1.96 bits per heavy atom. The van der Waals surface area contributed by atoms with Crippen molar-refractivity contribution >= 4 is 72.0 Å². The molecule has 0 radical (unpaired) electrons. The van der Waals surface area contributed by atoms with Gasteiger partial charge in [-0.2, -0.15) is 0 Å². The molecule has 2 rings (SSSR count). The van der Waals surface area contributed by atoms with Crippen molar-refractivity contribution in [2.45, 2.75) is 6.92 Å². The van der Waals surface area contributed by atoms with E-state index in [9.17, 15) is 14.7 Å². The van der Waals surface area contributed by atoms with Crippen LogP contribution in [0.15, 0.2) is 39.3 Å². The van der Waals surface area contributed by atoms with Crippen LogP contribution in [0.25, 0.3) is 0 Å². The zero-order chi connectivity index (χ0) is 17.9. The molecule has 0 aliphatic carbocycles. The standard InChI is InChI=1S/C16H12Br2INO4/c1-8-4-10(19)2-3-13(8)20-14(21)7-24-16(23)11-5-9(17)6-12(18)15(11)22/h2-6,22H,7H2,1H3,(H,20,21). The number of anilines is 1. The Bertz CT molecular complexity index is 811. The second kappa shape index (κ2) is 8.30. The first-order valence-corrected chi connectivity index (χ1v) is 9.35. The molecule has 0 fully saturated rings. The van der Waals surface area contributed by atoms with Crippen molar-refractivity contribution in [2.24, 2.45) is 0 Å². The summed E-state index contributed by atoms with van der Waals surface area (Å²) in [5.74, 6) is -1.48. The molecule has 0 unspecified atom stereocenters. The Kier molecular flexibility index (Phi) is 6.64. The van der Waals surface area contributed by atoms with Crippen LogP contribution >= 0.6 is 54.5 Å². The molecular weight excluding hydrogens is 557 g/mol. The maximum atomic E-state index is 12.0. The number of aromatic hydroxyl groups is 1. The molecule has 24 heavy (non-hydrogen) atoms. The average Bonchev–Trinajstić information content (AvgIpc) is 2.51. The predicted octanol–water partition coefficient (Wildman–Crippen LogP) is 4.63. The zero-order valence-corrected chi connectivity index (χ0v) is 17.7. The molecule has 0 aliphatic rings. The van der Waals surface area contributed by atoms with E-state index in [2.05, 4.69) is 59.8 Å². The number of aryl methyl sites for hydroxylation is 1. The van der Waals surface area contributed by atoms with E-state index < -0.39 is 18.5 Å². The fourth-order valence-corrected chi connectivity index (χ4v) is 3.76. The van der Waals surface area contributed by atoms with E-state index in [0.29, 0.717) is 14.6 Å². The monoisotopic (exact) mass is 567 g/mol. The van der Waals surface area contributed by atoms with E-state index in [4.69, 9.17) is 4.74 Å². The number of nitrogens with one attached hydrogen (secondary N) is 1. The third kappa shape index (κ3) is 4.93. The summed E-state index contributed by atoms with van der Waals surface area (Å²) < 4.78 is 6.97. The van der Waals surface area contributed by atoms with E-state index >= 15 is 0 Å². The van der Waals surface area contributed by atoms with Gasteiger partial charge in [0.2, 0.25) is 0 Å². The lowest BCUT2D eigenvalue weighted by Crippen LogP contribution is -2.21. The molecule has 2 aromatic carbocycles. The van der Waals surface area contributed by atoms with Gasteiger partial charge in [0.05, 0.1) is 4.47 Å². The third-order valence-corrected chi connectivity index (χ3v) is 4.78. The number of carbonyl (C=O) groups is 2. The molecule has 0 aliphatic heterocycles. The minimum Gasteiger partial charge on any atom is -0.506 e. The second-order valence-corrected chi connectivity index (χ2v) is 7.88. The normalized spacial score (nSPS) is 10.3. The average molecular weight is 569 g/mol. The highest BCUT2D eigenvalue weighted by atomic mass is 127. The van der Waals surface area contributed by atoms with E-state index in [1.165, 1.54) is 6.07 Å². The summed E-state index contributed by atoms with van der Waals surface area (Å²) in [5.41, 5.74) is 1.54. The topological polar surface area (TPSA) is 75.6 Å². The van der Waals surface area contributed by atoms with Crippen LogP contribution in [0.4, 0.5) is 5.69 Å². The van der Waals surface area contributed by atoms with Crippen molar-refractivity contribution in [1.82, 2.24) is 0 Å². The quantitative estimate of drug-likeness (QED) is 0.417. The number of amides is 1. The van der Waals surface area contributed by atoms with Gasteiger partial charge in [-0.05, 0) is 81.3 Å². The number of hydrogen-bond acceptors (Lipinski definition) is 4. The van der Waals surface area contributed by atoms with Crippen molar-refractivity contribution in [3.63, 3.8) is 0 Å². The molecule has 0 aromatic heterocycles. The first-order valence-electron chi connectivity index (χ1n) is 6.69. The minimum atomic E-state index is -0.788. The molecule has 2 N–H and O–H groups in total. The number of rotatable bonds is 4. The Hall–Kier alpha value is -1.13. The first-order chi connectivity index (χ1) is 11.3. The highest BCUT2D eigenvalue weighted by Gasteiger charge is 2.17. The highest BCUT2D eigenvalue weighted by molar-refractivity contribution is 14.1. The Morgan fingerprint density at radius 3 is 2.62 bits per heavy atom. The Balaban J connectivity index is 2.00. The van der Waals surface area contributed by atoms with Gasteiger partial charge in [-0.15, -0.1) is 0 Å².